The SMILES string of the molecule is C1CCC(Nc2nc(NC3CCC3)nc(NC34CC5CC(CC(C5)C3)C4)n2)CC1. The number of anilines is 3. The molecule has 158 valence electrons. The molecule has 6 aliphatic carbocycles. The van der Waals surface area contributed by atoms with Gasteiger partial charge in [-0.3, -0.25) is 0 Å². The highest BCUT2D eigenvalue weighted by molar-refractivity contribution is 5.45. The van der Waals surface area contributed by atoms with Gasteiger partial charge in [0.2, 0.25) is 17.8 Å². The summed E-state index contributed by atoms with van der Waals surface area (Å²) in [5.41, 5.74) is 0.228. The van der Waals surface area contributed by atoms with E-state index in [1.165, 1.54) is 89.9 Å². The third kappa shape index (κ3) is 3.79. The average Bonchev–Trinajstić information content (AvgIpc) is 2.64. The minimum Gasteiger partial charge on any atom is -0.351 e. The maximum Gasteiger partial charge on any atom is 0.229 e. The Hall–Kier alpha value is -1.59. The van der Waals surface area contributed by atoms with Crippen molar-refractivity contribution in [1.82, 2.24) is 15.0 Å². The van der Waals surface area contributed by atoms with Crippen LogP contribution in [0.3, 0.4) is 0 Å². The van der Waals surface area contributed by atoms with Crippen LogP contribution in [0, 0.1) is 17.8 Å². The Bertz CT molecular complexity index is 704. The van der Waals surface area contributed by atoms with Crippen LogP contribution in [0.25, 0.3) is 0 Å². The smallest absolute Gasteiger partial charge is 0.229 e. The first kappa shape index (κ1) is 18.2. The van der Waals surface area contributed by atoms with Crippen LogP contribution in [-0.2, 0) is 0 Å². The molecule has 6 fully saturated rings. The second kappa shape index (κ2) is 7.28. The van der Waals surface area contributed by atoms with Gasteiger partial charge in [-0.1, -0.05) is 19.3 Å². The minimum absolute atomic E-state index is 0.228. The fraction of sp³-hybridized carbons (Fsp3) is 0.870. The molecule has 0 spiro atoms. The molecule has 6 aliphatic rings. The number of nitrogens with zero attached hydrogens (tertiary/aromatic N) is 3. The predicted octanol–water partition coefficient (Wildman–Crippen LogP) is 4.96. The van der Waals surface area contributed by atoms with Crippen LogP contribution < -0.4 is 16.0 Å². The minimum atomic E-state index is 0.228. The Morgan fingerprint density at radius 1 is 0.586 bits per heavy atom. The zero-order valence-electron chi connectivity index (χ0n) is 17.6. The number of aromatic nitrogens is 3. The Labute approximate surface area is 174 Å². The first-order valence-electron chi connectivity index (χ1n) is 12.3. The third-order valence-electron chi connectivity index (χ3n) is 8.43. The first-order valence-corrected chi connectivity index (χ1v) is 12.3. The monoisotopic (exact) mass is 396 g/mol. The molecule has 0 aromatic carbocycles. The molecule has 6 saturated carbocycles. The Morgan fingerprint density at radius 3 is 1.55 bits per heavy atom. The van der Waals surface area contributed by atoms with Crippen molar-refractivity contribution in [1.29, 1.82) is 0 Å². The molecule has 7 rings (SSSR count). The molecule has 1 heterocycles. The van der Waals surface area contributed by atoms with Crippen LogP contribution in [-0.4, -0.2) is 32.6 Å². The topological polar surface area (TPSA) is 74.8 Å². The predicted molar refractivity (Wildman–Crippen MR) is 116 cm³/mol. The molecule has 0 saturated heterocycles. The van der Waals surface area contributed by atoms with Crippen LogP contribution in [0.1, 0.15) is 89.9 Å². The van der Waals surface area contributed by atoms with E-state index in [4.69, 9.17) is 15.0 Å². The number of hydrogen-bond acceptors (Lipinski definition) is 6. The summed E-state index contributed by atoms with van der Waals surface area (Å²) in [4.78, 5) is 14.5. The van der Waals surface area contributed by atoms with Crippen LogP contribution in [0.15, 0.2) is 0 Å². The summed E-state index contributed by atoms with van der Waals surface area (Å²) < 4.78 is 0. The molecule has 0 atom stereocenters. The van der Waals surface area contributed by atoms with E-state index in [0.29, 0.717) is 12.1 Å². The van der Waals surface area contributed by atoms with E-state index in [9.17, 15) is 0 Å². The van der Waals surface area contributed by atoms with Gasteiger partial charge in [-0.25, -0.2) is 0 Å². The highest BCUT2D eigenvalue weighted by atomic mass is 15.3. The number of nitrogens with one attached hydrogen (secondary N) is 3. The van der Waals surface area contributed by atoms with E-state index >= 15 is 0 Å². The van der Waals surface area contributed by atoms with Crippen molar-refractivity contribution < 1.29 is 0 Å². The van der Waals surface area contributed by atoms with Gasteiger partial charge >= 0.3 is 0 Å². The first-order chi connectivity index (χ1) is 14.2. The van der Waals surface area contributed by atoms with E-state index < -0.39 is 0 Å². The van der Waals surface area contributed by atoms with E-state index in [0.717, 1.165) is 35.6 Å². The molecule has 0 aliphatic heterocycles. The second-order valence-electron chi connectivity index (χ2n) is 10.9. The van der Waals surface area contributed by atoms with Crippen LogP contribution in [0.4, 0.5) is 17.8 Å². The lowest BCUT2D eigenvalue weighted by atomic mass is 9.53. The van der Waals surface area contributed by atoms with Crippen LogP contribution >= 0.6 is 0 Å². The Balaban J connectivity index is 1.24. The lowest BCUT2D eigenvalue weighted by Gasteiger charge is -2.56. The molecule has 6 nitrogen and oxygen atoms in total. The van der Waals surface area contributed by atoms with Gasteiger partial charge < -0.3 is 16.0 Å². The van der Waals surface area contributed by atoms with E-state index in [1.54, 1.807) is 0 Å². The summed E-state index contributed by atoms with van der Waals surface area (Å²) in [5.74, 6) is 5.08. The van der Waals surface area contributed by atoms with E-state index in [1.807, 2.05) is 0 Å². The molecule has 0 radical (unpaired) electrons. The molecule has 29 heavy (non-hydrogen) atoms. The quantitative estimate of drug-likeness (QED) is 0.631. The van der Waals surface area contributed by atoms with Gasteiger partial charge in [-0.2, -0.15) is 15.0 Å². The zero-order valence-corrected chi connectivity index (χ0v) is 17.6. The molecule has 0 amide bonds. The summed E-state index contributed by atoms with van der Waals surface area (Å²) in [6, 6.07) is 1.04. The van der Waals surface area contributed by atoms with Gasteiger partial charge in [0.05, 0.1) is 0 Å². The standard InChI is InChI=1S/C23H36N6/c1-2-5-18(6-3-1)24-20-26-21(25-19-7-4-8-19)28-22(27-20)29-23-12-15-9-16(13-23)11-17(10-15)14-23/h15-19H,1-14H2,(H3,24,25,26,27,28,29). The Kier molecular flexibility index (Phi) is 4.57. The van der Waals surface area contributed by atoms with Gasteiger partial charge in [0.1, 0.15) is 0 Å². The van der Waals surface area contributed by atoms with Crippen molar-refractivity contribution in [2.24, 2.45) is 17.8 Å². The molecule has 0 unspecified atom stereocenters. The molecular weight excluding hydrogens is 360 g/mol. The van der Waals surface area contributed by atoms with E-state index in [2.05, 4.69) is 16.0 Å². The summed E-state index contributed by atoms with van der Waals surface area (Å²) in [5, 5.41) is 11.1. The lowest BCUT2D eigenvalue weighted by molar-refractivity contribution is 0.0103. The highest BCUT2D eigenvalue weighted by Gasteiger charge is 2.51. The van der Waals surface area contributed by atoms with Crippen LogP contribution in [0.2, 0.25) is 0 Å². The zero-order chi connectivity index (χ0) is 19.3. The summed E-state index contributed by atoms with van der Waals surface area (Å²) >= 11 is 0. The van der Waals surface area contributed by atoms with Crippen molar-refractivity contribution in [3.8, 4) is 0 Å². The van der Waals surface area contributed by atoms with Crippen molar-refractivity contribution >= 4 is 17.8 Å². The van der Waals surface area contributed by atoms with Crippen LogP contribution in [0.5, 0.6) is 0 Å². The third-order valence-corrected chi connectivity index (χ3v) is 8.43. The highest BCUT2D eigenvalue weighted by Crippen LogP contribution is 2.56. The normalized spacial score (nSPS) is 36.6. The second-order valence-corrected chi connectivity index (χ2v) is 10.9. The van der Waals surface area contributed by atoms with Crippen molar-refractivity contribution in [2.75, 3.05) is 16.0 Å². The fourth-order valence-electron chi connectivity index (χ4n) is 7.23. The molecular formula is C23H36N6. The van der Waals surface area contributed by atoms with Gasteiger partial charge in [0.25, 0.3) is 0 Å². The molecule has 1 aromatic heterocycles. The maximum atomic E-state index is 4.87. The summed E-state index contributed by atoms with van der Waals surface area (Å²) in [6.07, 6.45) is 18.5. The maximum absolute atomic E-state index is 4.87. The van der Waals surface area contributed by atoms with Gasteiger partial charge in [0, 0.05) is 17.6 Å². The average molecular weight is 397 g/mol. The fourth-order valence-corrected chi connectivity index (χ4v) is 7.23. The van der Waals surface area contributed by atoms with Crippen molar-refractivity contribution in [2.45, 2.75) is 108 Å². The summed E-state index contributed by atoms with van der Waals surface area (Å²) in [6.45, 7) is 0. The number of hydrogen-bond donors (Lipinski definition) is 3. The summed E-state index contributed by atoms with van der Waals surface area (Å²) in [7, 11) is 0. The largest absolute Gasteiger partial charge is 0.351 e. The van der Waals surface area contributed by atoms with E-state index in [-0.39, 0.29) is 5.54 Å². The Morgan fingerprint density at radius 2 is 1.07 bits per heavy atom. The van der Waals surface area contributed by atoms with Gasteiger partial charge in [-0.15, -0.1) is 0 Å². The van der Waals surface area contributed by atoms with Gasteiger partial charge in [-0.05, 0) is 88.4 Å². The molecule has 4 bridgehead atoms. The van der Waals surface area contributed by atoms with Gasteiger partial charge in [0.15, 0.2) is 0 Å². The molecule has 6 heteroatoms. The van der Waals surface area contributed by atoms with Crippen molar-refractivity contribution in [3.05, 3.63) is 0 Å². The number of rotatable bonds is 6. The molecule has 3 N–H and O–H groups in total. The van der Waals surface area contributed by atoms with Crippen molar-refractivity contribution in [3.63, 3.8) is 0 Å². The lowest BCUT2D eigenvalue weighted by Crippen LogP contribution is -2.55. The molecule has 1 aromatic rings.